The summed E-state index contributed by atoms with van der Waals surface area (Å²) in [4.78, 5) is 1.39. The molecule has 2 aromatic rings. The molecule has 0 aliphatic rings. The minimum atomic E-state index is -0.559. The van der Waals surface area contributed by atoms with Crippen LogP contribution < -0.4 is 5.73 Å². The monoisotopic (exact) mass is 293 g/mol. The maximum Gasteiger partial charge on any atom is 0.140 e. The summed E-state index contributed by atoms with van der Waals surface area (Å²) in [6.45, 7) is 3.94. The van der Waals surface area contributed by atoms with Gasteiger partial charge in [-0.15, -0.1) is 0 Å². The second-order valence-electron chi connectivity index (χ2n) is 4.96. The van der Waals surface area contributed by atoms with Crippen molar-refractivity contribution < 1.29 is 8.78 Å². The fourth-order valence-electron chi connectivity index (χ4n) is 2.00. The summed E-state index contributed by atoms with van der Waals surface area (Å²) in [6.07, 6.45) is 0.816. The van der Waals surface area contributed by atoms with E-state index in [4.69, 9.17) is 5.73 Å². The van der Waals surface area contributed by atoms with Crippen molar-refractivity contribution in [2.45, 2.75) is 36.1 Å². The van der Waals surface area contributed by atoms with E-state index in [1.165, 1.54) is 29.5 Å². The summed E-state index contributed by atoms with van der Waals surface area (Å²) in [7, 11) is 0. The molecule has 0 spiro atoms. The molecule has 0 bridgehead atoms. The van der Waals surface area contributed by atoms with Crippen molar-refractivity contribution in [1.29, 1.82) is 0 Å². The number of benzene rings is 2. The maximum absolute atomic E-state index is 13.6. The molecule has 1 atom stereocenters. The molecule has 0 fully saturated rings. The summed E-state index contributed by atoms with van der Waals surface area (Å²) >= 11 is 1.30. The molecule has 1 unspecified atom stereocenters. The fraction of sp³-hybridized carbons (Fsp3) is 0.250. The first kappa shape index (κ1) is 15.0. The normalized spacial score (nSPS) is 12.4. The molecule has 2 rings (SSSR count). The lowest BCUT2D eigenvalue weighted by atomic mass is 10.1. The number of aryl methyl sites for hydroxylation is 1. The summed E-state index contributed by atoms with van der Waals surface area (Å²) in [5.74, 6) is -1.09. The molecule has 1 nitrogen and oxygen atoms in total. The van der Waals surface area contributed by atoms with Gasteiger partial charge < -0.3 is 5.73 Å². The Morgan fingerprint density at radius 3 is 2.40 bits per heavy atom. The van der Waals surface area contributed by atoms with Crippen LogP contribution in [0.25, 0.3) is 0 Å². The number of rotatable bonds is 4. The first-order valence-corrected chi connectivity index (χ1v) is 7.25. The molecule has 20 heavy (non-hydrogen) atoms. The Kier molecular flexibility index (Phi) is 4.78. The Labute approximate surface area is 122 Å². The van der Waals surface area contributed by atoms with E-state index < -0.39 is 11.6 Å². The van der Waals surface area contributed by atoms with Crippen LogP contribution in [-0.2, 0) is 6.42 Å². The van der Waals surface area contributed by atoms with E-state index in [0.717, 1.165) is 22.9 Å². The third-order valence-electron chi connectivity index (χ3n) is 2.91. The lowest BCUT2D eigenvalue weighted by Gasteiger charge is -2.10. The van der Waals surface area contributed by atoms with Crippen molar-refractivity contribution in [1.82, 2.24) is 0 Å². The Balaban J connectivity index is 2.21. The summed E-state index contributed by atoms with van der Waals surface area (Å²) in [5, 5.41) is 0. The first-order valence-electron chi connectivity index (χ1n) is 6.43. The van der Waals surface area contributed by atoms with E-state index >= 15 is 0 Å². The number of nitrogens with two attached hydrogens (primary N) is 1. The predicted octanol–water partition coefficient (Wildman–Crippen LogP) is 4.31. The highest BCUT2D eigenvalue weighted by molar-refractivity contribution is 7.99. The van der Waals surface area contributed by atoms with Crippen LogP contribution in [0.15, 0.2) is 46.2 Å². The molecular weight excluding hydrogens is 276 g/mol. The van der Waals surface area contributed by atoms with Crippen LogP contribution in [-0.4, -0.2) is 6.04 Å². The lowest BCUT2D eigenvalue weighted by Crippen LogP contribution is -2.17. The quantitative estimate of drug-likeness (QED) is 0.909. The van der Waals surface area contributed by atoms with Crippen molar-refractivity contribution in [2.24, 2.45) is 5.73 Å². The van der Waals surface area contributed by atoms with Crippen molar-refractivity contribution in [3.8, 4) is 0 Å². The minimum absolute atomic E-state index is 0.113. The average molecular weight is 293 g/mol. The Bertz CT molecular complexity index is 611. The summed E-state index contributed by atoms with van der Waals surface area (Å²) in [5.41, 5.74) is 8.01. The maximum atomic E-state index is 13.6. The second kappa shape index (κ2) is 6.37. The lowest BCUT2D eigenvalue weighted by molar-refractivity contribution is 0.565. The van der Waals surface area contributed by atoms with Crippen molar-refractivity contribution in [3.63, 3.8) is 0 Å². The summed E-state index contributed by atoms with van der Waals surface area (Å²) in [6, 6.07) is 9.77. The molecule has 0 amide bonds. The third kappa shape index (κ3) is 3.81. The summed E-state index contributed by atoms with van der Waals surface area (Å²) < 4.78 is 26.5. The van der Waals surface area contributed by atoms with Crippen molar-refractivity contribution >= 4 is 11.8 Å². The van der Waals surface area contributed by atoms with Gasteiger partial charge in [0.05, 0.1) is 0 Å². The SMILES string of the molecule is Cc1cc(CC(C)N)ccc1Sc1ccc(F)cc1F. The van der Waals surface area contributed by atoms with E-state index in [0.29, 0.717) is 4.90 Å². The van der Waals surface area contributed by atoms with Crippen LogP contribution in [0, 0.1) is 18.6 Å². The van der Waals surface area contributed by atoms with E-state index in [-0.39, 0.29) is 6.04 Å². The second-order valence-corrected chi connectivity index (χ2v) is 6.04. The van der Waals surface area contributed by atoms with Gasteiger partial charge in [0.15, 0.2) is 0 Å². The highest BCUT2D eigenvalue weighted by Gasteiger charge is 2.08. The van der Waals surface area contributed by atoms with Gasteiger partial charge in [0.25, 0.3) is 0 Å². The van der Waals surface area contributed by atoms with Gasteiger partial charge in [0, 0.05) is 21.9 Å². The van der Waals surface area contributed by atoms with Crippen LogP contribution in [0.1, 0.15) is 18.1 Å². The molecule has 0 radical (unpaired) electrons. The molecule has 0 saturated heterocycles. The molecule has 106 valence electrons. The molecule has 2 N–H and O–H groups in total. The van der Waals surface area contributed by atoms with E-state index in [1.807, 2.05) is 26.0 Å². The number of halogens is 2. The highest BCUT2D eigenvalue weighted by atomic mass is 32.2. The van der Waals surface area contributed by atoms with Gasteiger partial charge in [-0.3, -0.25) is 0 Å². The zero-order chi connectivity index (χ0) is 14.7. The molecule has 0 saturated carbocycles. The zero-order valence-corrected chi connectivity index (χ0v) is 12.3. The average Bonchev–Trinajstić information content (AvgIpc) is 2.34. The smallest absolute Gasteiger partial charge is 0.140 e. The van der Waals surface area contributed by atoms with Crippen molar-refractivity contribution in [2.75, 3.05) is 0 Å². The molecule has 0 aliphatic carbocycles. The Morgan fingerprint density at radius 2 is 1.80 bits per heavy atom. The van der Waals surface area contributed by atoms with Gasteiger partial charge in [-0.05, 0) is 49.6 Å². The van der Waals surface area contributed by atoms with Crippen LogP contribution in [0.5, 0.6) is 0 Å². The zero-order valence-electron chi connectivity index (χ0n) is 11.5. The predicted molar refractivity (Wildman–Crippen MR) is 79.0 cm³/mol. The van der Waals surface area contributed by atoms with Gasteiger partial charge in [-0.1, -0.05) is 23.9 Å². The highest BCUT2D eigenvalue weighted by Crippen LogP contribution is 2.32. The van der Waals surface area contributed by atoms with Gasteiger partial charge in [0.1, 0.15) is 11.6 Å². The van der Waals surface area contributed by atoms with Crippen LogP contribution in [0.2, 0.25) is 0 Å². The molecule has 2 aromatic carbocycles. The molecule has 4 heteroatoms. The minimum Gasteiger partial charge on any atom is -0.328 e. The van der Waals surface area contributed by atoms with Gasteiger partial charge in [-0.2, -0.15) is 0 Å². The van der Waals surface area contributed by atoms with E-state index in [1.54, 1.807) is 0 Å². The number of hydrogen-bond acceptors (Lipinski definition) is 2. The molecule has 0 aliphatic heterocycles. The van der Waals surface area contributed by atoms with Gasteiger partial charge in [0.2, 0.25) is 0 Å². The number of hydrogen-bond donors (Lipinski definition) is 1. The van der Waals surface area contributed by atoms with Gasteiger partial charge >= 0.3 is 0 Å². The molecular formula is C16H17F2NS. The van der Waals surface area contributed by atoms with E-state index in [2.05, 4.69) is 6.07 Å². The fourth-order valence-corrected chi connectivity index (χ4v) is 2.89. The molecule has 0 aromatic heterocycles. The third-order valence-corrected chi connectivity index (χ3v) is 4.14. The topological polar surface area (TPSA) is 26.0 Å². The standard InChI is InChI=1S/C16H17F2NS/c1-10-7-12(8-11(2)19)3-5-15(10)20-16-6-4-13(17)9-14(16)18/h3-7,9,11H,8,19H2,1-2H3. The van der Waals surface area contributed by atoms with Crippen molar-refractivity contribution in [3.05, 3.63) is 59.2 Å². The molecule has 0 heterocycles. The van der Waals surface area contributed by atoms with Crippen LogP contribution in [0.3, 0.4) is 0 Å². The Hall–Kier alpha value is -1.39. The Morgan fingerprint density at radius 1 is 1.10 bits per heavy atom. The van der Waals surface area contributed by atoms with Crippen LogP contribution >= 0.6 is 11.8 Å². The van der Waals surface area contributed by atoms with Crippen LogP contribution in [0.4, 0.5) is 8.78 Å². The first-order chi connectivity index (χ1) is 9.45. The van der Waals surface area contributed by atoms with E-state index in [9.17, 15) is 8.78 Å². The largest absolute Gasteiger partial charge is 0.328 e. The van der Waals surface area contributed by atoms with Gasteiger partial charge in [-0.25, -0.2) is 8.78 Å².